The number of primary amides is 1. The summed E-state index contributed by atoms with van der Waals surface area (Å²) in [5, 5.41) is 0. The van der Waals surface area contributed by atoms with Crippen LogP contribution in [0.4, 0.5) is 0 Å². The van der Waals surface area contributed by atoms with Crippen molar-refractivity contribution in [3.05, 3.63) is 53.6 Å². The minimum absolute atomic E-state index is 0.452. The molecule has 0 saturated heterocycles. The number of rotatable bonds is 3. The second kappa shape index (κ2) is 4.92. The summed E-state index contributed by atoms with van der Waals surface area (Å²) in [6, 6.07) is 13.2. The number of carbonyl (C=O) groups is 1. The maximum Gasteiger partial charge on any atom is 0.249 e. The van der Waals surface area contributed by atoms with Gasteiger partial charge in [-0.1, -0.05) is 36.4 Å². The molecule has 3 nitrogen and oxygen atoms in total. The van der Waals surface area contributed by atoms with Crippen molar-refractivity contribution in [2.45, 2.75) is 6.92 Å². The molecule has 0 aromatic heterocycles. The lowest BCUT2D eigenvalue weighted by atomic mass is 9.95. The van der Waals surface area contributed by atoms with Crippen LogP contribution in [0.3, 0.4) is 0 Å². The predicted molar refractivity (Wildman–Crippen MR) is 71.7 cm³/mol. The number of aryl methyl sites for hydroxylation is 1. The number of amides is 1. The molecule has 2 rings (SSSR count). The van der Waals surface area contributed by atoms with E-state index in [9.17, 15) is 4.79 Å². The molecule has 1 amide bonds. The monoisotopic (exact) mass is 241 g/mol. The predicted octanol–water partition coefficient (Wildman–Crippen LogP) is 2.77. The largest absolute Gasteiger partial charge is 0.496 e. The van der Waals surface area contributed by atoms with Crippen molar-refractivity contribution in [2.24, 2.45) is 5.73 Å². The van der Waals surface area contributed by atoms with E-state index in [-0.39, 0.29) is 0 Å². The molecule has 0 aliphatic heterocycles. The summed E-state index contributed by atoms with van der Waals surface area (Å²) in [5.41, 5.74) is 8.56. The average molecular weight is 241 g/mol. The van der Waals surface area contributed by atoms with Crippen molar-refractivity contribution in [3.8, 4) is 16.9 Å². The first-order chi connectivity index (χ1) is 8.65. The fourth-order valence-corrected chi connectivity index (χ4v) is 2.05. The number of methoxy groups -OCH3 is 1. The van der Waals surface area contributed by atoms with Gasteiger partial charge in [-0.15, -0.1) is 0 Å². The van der Waals surface area contributed by atoms with Crippen LogP contribution in [0, 0.1) is 6.92 Å². The Kier molecular flexibility index (Phi) is 3.33. The smallest absolute Gasteiger partial charge is 0.249 e. The first-order valence-corrected chi connectivity index (χ1v) is 5.68. The highest BCUT2D eigenvalue weighted by molar-refractivity contribution is 6.01. The first-order valence-electron chi connectivity index (χ1n) is 5.68. The van der Waals surface area contributed by atoms with Gasteiger partial charge in [-0.25, -0.2) is 0 Å². The molecule has 0 aliphatic carbocycles. The summed E-state index contributed by atoms with van der Waals surface area (Å²) >= 11 is 0. The summed E-state index contributed by atoms with van der Waals surface area (Å²) in [7, 11) is 1.60. The minimum Gasteiger partial charge on any atom is -0.496 e. The molecule has 92 valence electrons. The van der Waals surface area contributed by atoms with Gasteiger partial charge in [0.2, 0.25) is 5.91 Å². The van der Waals surface area contributed by atoms with Crippen LogP contribution < -0.4 is 10.5 Å². The fraction of sp³-hybridized carbons (Fsp3) is 0.133. The summed E-state index contributed by atoms with van der Waals surface area (Å²) in [4.78, 5) is 11.5. The van der Waals surface area contributed by atoms with Crippen LogP contribution in [0.15, 0.2) is 42.5 Å². The van der Waals surface area contributed by atoms with E-state index in [1.807, 2.05) is 43.3 Å². The Morgan fingerprint density at radius 3 is 2.33 bits per heavy atom. The average Bonchev–Trinajstić information content (AvgIpc) is 2.39. The molecule has 0 unspecified atom stereocenters. The highest BCUT2D eigenvalue weighted by Crippen LogP contribution is 2.35. The molecule has 2 N–H and O–H groups in total. The Hall–Kier alpha value is -2.29. The molecule has 0 fully saturated rings. The second-order valence-corrected chi connectivity index (χ2v) is 4.07. The van der Waals surface area contributed by atoms with E-state index in [2.05, 4.69) is 0 Å². The number of hydrogen-bond acceptors (Lipinski definition) is 2. The highest BCUT2D eigenvalue weighted by Gasteiger charge is 2.16. The third-order valence-corrected chi connectivity index (χ3v) is 2.89. The maximum absolute atomic E-state index is 11.5. The highest BCUT2D eigenvalue weighted by atomic mass is 16.5. The van der Waals surface area contributed by atoms with E-state index in [0.717, 1.165) is 16.7 Å². The summed E-state index contributed by atoms with van der Waals surface area (Å²) in [6.45, 7) is 1.94. The molecule has 3 heteroatoms. The normalized spacial score (nSPS) is 10.1. The lowest BCUT2D eigenvalue weighted by Gasteiger charge is -2.14. The van der Waals surface area contributed by atoms with E-state index >= 15 is 0 Å². The van der Waals surface area contributed by atoms with Crippen molar-refractivity contribution >= 4 is 5.91 Å². The van der Waals surface area contributed by atoms with Crippen LogP contribution >= 0.6 is 0 Å². The molecule has 0 aliphatic rings. The summed E-state index contributed by atoms with van der Waals surface area (Å²) in [6.07, 6.45) is 0. The van der Waals surface area contributed by atoms with Gasteiger partial charge in [0.25, 0.3) is 0 Å². The maximum atomic E-state index is 11.5. The second-order valence-electron chi connectivity index (χ2n) is 4.07. The zero-order valence-corrected chi connectivity index (χ0v) is 10.4. The van der Waals surface area contributed by atoms with Gasteiger partial charge < -0.3 is 10.5 Å². The van der Waals surface area contributed by atoms with Crippen LogP contribution in [-0.4, -0.2) is 13.0 Å². The molecule has 0 spiro atoms. The third kappa shape index (κ3) is 2.07. The van der Waals surface area contributed by atoms with Gasteiger partial charge in [-0.3, -0.25) is 4.79 Å². The molecule has 2 aromatic rings. The van der Waals surface area contributed by atoms with Crippen LogP contribution in [0.25, 0.3) is 11.1 Å². The molecule has 0 heterocycles. The van der Waals surface area contributed by atoms with Crippen LogP contribution in [-0.2, 0) is 0 Å². The molecule has 0 bridgehead atoms. The summed E-state index contributed by atoms with van der Waals surface area (Å²) in [5.74, 6) is 0.240. The number of nitrogens with two attached hydrogens (primary N) is 1. The van der Waals surface area contributed by atoms with Crippen molar-refractivity contribution in [1.29, 1.82) is 0 Å². The van der Waals surface area contributed by atoms with E-state index < -0.39 is 5.91 Å². The number of hydrogen-bond donors (Lipinski definition) is 1. The van der Waals surface area contributed by atoms with Crippen LogP contribution in [0.1, 0.15) is 15.9 Å². The Balaban J connectivity index is 2.77. The fourth-order valence-electron chi connectivity index (χ4n) is 2.05. The first kappa shape index (κ1) is 12.2. The zero-order valence-electron chi connectivity index (χ0n) is 10.4. The lowest BCUT2D eigenvalue weighted by Crippen LogP contribution is -2.13. The van der Waals surface area contributed by atoms with E-state index in [0.29, 0.717) is 11.3 Å². The van der Waals surface area contributed by atoms with Crippen molar-refractivity contribution in [1.82, 2.24) is 0 Å². The molecular weight excluding hydrogens is 226 g/mol. The number of ether oxygens (including phenoxy) is 1. The number of benzene rings is 2. The Morgan fingerprint density at radius 2 is 1.78 bits per heavy atom. The quantitative estimate of drug-likeness (QED) is 0.898. The summed E-state index contributed by atoms with van der Waals surface area (Å²) < 4.78 is 5.41. The van der Waals surface area contributed by atoms with E-state index in [1.165, 1.54) is 0 Å². The van der Waals surface area contributed by atoms with Crippen molar-refractivity contribution in [3.63, 3.8) is 0 Å². The molecule has 18 heavy (non-hydrogen) atoms. The van der Waals surface area contributed by atoms with Gasteiger partial charge in [0, 0.05) is 5.56 Å². The lowest BCUT2D eigenvalue weighted by molar-refractivity contribution is 0.100. The Labute approximate surface area is 106 Å². The standard InChI is InChI=1S/C15H15NO2/c1-10-8-9-12(15(16)17)13(14(10)18-2)11-6-4-3-5-7-11/h3-9H,1-2H3,(H2,16,17). The SMILES string of the molecule is COc1c(C)ccc(C(N)=O)c1-c1ccccc1. The van der Waals surface area contributed by atoms with Crippen LogP contribution in [0.2, 0.25) is 0 Å². The van der Waals surface area contributed by atoms with E-state index in [1.54, 1.807) is 13.2 Å². The van der Waals surface area contributed by atoms with Gasteiger partial charge in [-0.2, -0.15) is 0 Å². The van der Waals surface area contributed by atoms with Gasteiger partial charge in [0.05, 0.1) is 12.7 Å². The molecule has 0 saturated carbocycles. The third-order valence-electron chi connectivity index (χ3n) is 2.89. The van der Waals surface area contributed by atoms with Crippen molar-refractivity contribution in [2.75, 3.05) is 7.11 Å². The topological polar surface area (TPSA) is 52.3 Å². The van der Waals surface area contributed by atoms with Gasteiger partial charge in [0.1, 0.15) is 5.75 Å². The zero-order chi connectivity index (χ0) is 13.1. The van der Waals surface area contributed by atoms with Gasteiger partial charge >= 0.3 is 0 Å². The molecule has 2 aromatic carbocycles. The van der Waals surface area contributed by atoms with Gasteiger partial charge in [-0.05, 0) is 24.1 Å². The van der Waals surface area contributed by atoms with E-state index in [4.69, 9.17) is 10.5 Å². The van der Waals surface area contributed by atoms with Crippen LogP contribution in [0.5, 0.6) is 5.75 Å². The minimum atomic E-state index is -0.452. The van der Waals surface area contributed by atoms with Crippen molar-refractivity contribution < 1.29 is 9.53 Å². The number of carbonyl (C=O) groups excluding carboxylic acids is 1. The van der Waals surface area contributed by atoms with Gasteiger partial charge in [0.15, 0.2) is 0 Å². The molecule has 0 radical (unpaired) electrons. The Bertz CT molecular complexity index is 577. The molecular formula is C15H15NO2. The molecule has 0 atom stereocenters. The Morgan fingerprint density at radius 1 is 1.11 bits per heavy atom.